The normalized spacial score (nSPS) is 11.4. The summed E-state index contributed by atoms with van der Waals surface area (Å²) in [6.45, 7) is 5.14. The number of thiophene rings is 1. The van der Waals surface area contributed by atoms with Crippen LogP contribution in [-0.4, -0.2) is 19.3 Å². The molecule has 0 aliphatic rings. The van der Waals surface area contributed by atoms with Crippen LogP contribution in [0, 0.1) is 0 Å². The van der Waals surface area contributed by atoms with E-state index in [1.54, 1.807) is 10.9 Å². The molecule has 0 fully saturated rings. The average Bonchev–Trinajstić information content (AvgIpc) is 3.08. The van der Waals surface area contributed by atoms with Crippen molar-refractivity contribution in [1.29, 1.82) is 0 Å². The van der Waals surface area contributed by atoms with Gasteiger partial charge in [0.2, 0.25) is 0 Å². The van der Waals surface area contributed by atoms with Crippen LogP contribution < -0.4 is 5.56 Å². The highest BCUT2D eigenvalue weighted by Crippen LogP contribution is 2.22. The quantitative estimate of drug-likeness (QED) is 0.742. The van der Waals surface area contributed by atoms with Crippen molar-refractivity contribution in [2.24, 2.45) is 0 Å². The molecular formula is C14H15ClN4OS. The van der Waals surface area contributed by atoms with E-state index >= 15 is 0 Å². The van der Waals surface area contributed by atoms with Crippen molar-refractivity contribution in [2.75, 3.05) is 0 Å². The fourth-order valence-corrected chi connectivity index (χ4v) is 3.44. The van der Waals surface area contributed by atoms with Crippen LogP contribution in [0.2, 0.25) is 5.02 Å². The van der Waals surface area contributed by atoms with Crippen molar-refractivity contribution in [3.05, 3.63) is 44.5 Å². The molecule has 0 aliphatic heterocycles. The summed E-state index contributed by atoms with van der Waals surface area (Å²) in [5.41, 5.74) is 2.43. The van der Waals surface area contributed by atoms with Gasteiger partial charge in [-0.3, -0.25) is 14.0 Å². The maximum atomic E-state index is 12.4. The lowest BCUT2D eigenvalue weighted by Crippen LogP contribution is -2.22. The molecule has 0 radical (unpaired) electrons. The highest BCUT2D eigenvalue weighted by Gasteiger charge is 2.16. The Kier molecular flexibility index (Phi) is 3.82. The summed E-state index contributed by atoms with van der Waals surface area (Å²) in [7, 11) is 0. The number of rotatable bonds is 4. The van der Waals surface area contributed by atoms with Gasteiger partial charge in [-0.05, 0) is 24.8 Å². The molecule has 0 aromatic carbocycles. The van der Waals surface area contributed by atoms with Gasteiger partial charge in [0.15, 0.2) is 0 Å². The van der Waals surface area contributed by atoms with Gasteiger partial charge in [-0.15, -0.1) is 11.3 Å². The minimum absolute atomic E-state index is 0.0343. The molecule has 3 rings (SSSR count). The molecule has 0 spiro atoms. The molecule has 0 bridgehead atoms. The van der Waals surface area contributed by atoms with Crippen LogP contribution >= 0.6 is 22.9 Å². The van der Waals surface area contributed by atoms with E-state index in [9.17, 15) is 4.79 Å². The first-order valence-electron chi connectivity index (χ1n) is 6.82. The van der Waals surface area contributed by atoms with Crippen LogP contribution in [0.4, 0.5) is 0 Å². The number of aromatic nitrogens is 4. The Morgan fingerprint density at radius 3 is 2.90 bits per heavy atom. The fourth-order valence-electron chi connectivity index (χ4n) is 2.32. The highest BCUT2D eigenvalue weighted by molar-refractivity contribution is 7.17. The van der Waals surface area contributed by atoms with E-state index in [0.717, 1.165) is 29.9 Å². The van der Waals surface area contributed by atoms with Gasteiger partial charge in [0, 0.05) is 6.54 Å². The topological polar surface area (TPSA) is 52.7 Å². The van der Waals surface area contributed by atoms with Gasteiger partial charge in [0.1, 0.15) is 4.70 Å². The standard InChI is InChI=1S/C14H15ClN4OS/c1-3-9-12(15)11(19(4-2)17-9)7-18-8-16-10-5-6-21-13(10)14(18)20/h5-6,8H,3-4,7H2,1-2H3. The van der Waals surface area contributed by atoms with Crippen molar-refractivity contribution in [2.45, 2.75) is 33.4 Å². The SMILES string of the molecule is CCc1nn(CC)c(Cn2cnc3ccsc3c2=O)c1Cl. The molecule has 0 amide bonds. The van der Waals surface area contributed by atoms with Crippen molar-refractivity contribution < 1.29 is 0 Å². The summed E-state index contributed by atoms with van der Waals surface area (Å²) in [6.07, 6.45) is 2.35. The van der Waals surface area contributed by atoms with E-state index in [0.29, 0.717) is 16.3 Å². The van der Waals surface area contributed by atoms with Gasteiger partial charge in [0.05, 0.1) is 34.8 Å². The molecule has 0 aliphatic carbocycles. The van der Waals surface area contributed by atoms with E-state index < -0.39 is 0 Å². The molecule has 3 aromatic heterocycles. The summed E-state index contributed by atoms with van der Waals surface area (Å²) >= 11 is 7.80. The van der Waals surface area contributed by atoms with Gasteiger partial charge >= 0.3 is 0 Å². The number of halogens is 1. The molecule has 5 nitrogen and oxygen atoms in total. The van der Waals surface area contributed by atoms with Crippen molar-refractivity contribution in [3.8, 4) is 0 Å². The smallest absolute Gasteiger partial charge is 0.271 e. The molecule has 0 saturated carbocycles. The third-order valence-electron chi connectivity index (χ3n) is 3.45. The molecule has 0 atom stereocenters. The van der Waals surface area contributed by atoms with E-state index in [4.69, 9.17) is 11.6 Å². The summed E-state index contributed by atoms with van der Waals surface area (Å²) in [5.74, 6) is 0. The zero-order valence-electron chi connectivity index (χ0n) is 11.8. The Morgan fingerprint density at radius 1 is 1.38 bits per heavy atom. The molecule has 0 unspecified atom stereocenters. The average molecular weight is 323 g/mol. The number of hydrogen-bond donors (Lipinski definition) is 0. The first-order chi connectivity index (χ1) is 10.2. The maximum absolute atomic E-state index is 12.4. The van der Waals surface area contributed by atoms with E-state index in [1.165, 1.54) is 11.3 Å². The first-order valence-corrected chi connectivity index (χ1v) is 8.08. The van der Waals surface area contributed by atoms with Crippen LogP contribution in [0.1, 0.15) is 25.2 Å². The Balaban J connectivity index is 2.08. The summed E-state index contributed by atoms with van der Waals surface area (Å²) in [6, 6.07) is 1.85. The van der Waals surface area contributed by atoms with Crippen molar-refractivity contribution in [3.63, 3.8) is 0 Å². The van der Waals surface area contributed by atoms with E-state index in [-0.39, 0.29) is 5.56 Å². The van der Waals surface area contributed by atoms with Crippen LogP contribution in [0.3, 0.4) is 0 Å². The Bertz CT molecular complexity index is 848. The second kappa shape index (κ2) is 5.61. The molecule has 3 aromatic rings. The molecule has 0 saturated heterocycles. The predicted octanol–water partition coefficient (Wildman–Crippen LogP) is 2.94. The fraction of sp³-hybridized carbons (Fsp3) is 0.357. The van der Waals surface area contributed by atoms with E-state index in [1.807, 2.05) is 30.0 Å². The highest BCUT2D eigenvalue weighted by atomic mass is 35.5. The second-order valence-electron chi connectivity index (χ2n) is 4.69. The number of hydrogen-bond acceptors (Lipinski definition) is 4. The Hall–Kier alpha value is -1.66. The lowest BCUT2D eigenvalue weighted by atomic mass is 10.3. The molecule has 3 heterocycles. The second-order valence-corrected chi connectivity index (χ2v) is 5.98. The minimum atomic E-state index is -0.0343. The lowest BCUT2D eigenvalue weighted by Gasteiger charge is -2.07. The molecular weight excluding hydrogens is 308 g/mol. The largest absolute Gasteiger partial charge is 0.292 e. The zero-order valence-corrected chi connectivity index (χ0v) is 13.4. The van der Waals surface area contributed by atoms with Crippen molar-refractivity contribution in [1.82, 2.24) is 19.3 Å². The number of fused-ring (bicyclic) bond motifs is 1. The molecule has 110 valence electrons. The van der Waals surface area contributed by atoms with Gasteiger partial charge in [0.25, 0.3) is 5.56 Å². The molecule has 0 N–H and O–H groups in total. The van der Waals surface area contributed by atoms with Crippen LogP contribution in [-0.2, 0) is 19.5 Å². The number of nitrogens with zero attached hydrogens (tertiary/aromatic N) is 4. The molecule has 21 heavy (non-hydrogen) atoms. The summed E-state index contributed by atoms with van der Waals surface area (Å²) in [5, 5.41) is 7.00. The van der Waals surface area contributed by atoms with Crippen LogP contribution in [0.25, 0.3) is 10.2 Å². The monoisotopic (exact) mass is 322 g/mol. The third kappa shape index (κ3) is 2.38. The van der Waals surface area contributed by atoms with Gasteiger partial charge in [-0.2, -0.15) is 5.10 Å². The van der Waals surface area contributed by atoms with Crippen LogP contribution in [0.15, 0.2) is 22.6 Å². The maximum Gasteiger partial charge on any atom is 0.271 e. The van der Waals surface area contributed by atoms with Gasteiger partial charge in [-0.25, -0.2) is 4.98 Å². The van der Waals surface area contributed by atoms with E-state index in [2.05, 4.69) is 10.1 Å². The predicted molar refractivity (Wildman–Crippen MR) is 85.3 cm³/mol. The third-order valence-corrected chi connectivity index (χ3v) is 4.78. The molecule has 7 heteroatoms. The lowest BCUT2D eigenvalue weighted by molar-refractivity contribution is 0.588. The van der Waals surface area contributed by atoms with Crippen LogP contribution in [0.5, 0.6) is 0 Å². The van der Waals surface area contributed by atoms with Crippen molar-refractivity contribution >= 4 is 33.2 Å². The Labute approximate surface area is 130 Å². The Morgan fingerprint density at radius 2 is 2.19 bits per heavy atom. The van der Waals surface area contributed by atoms with Gasteiger partial charge < -0.3 is 0 Å². The first kappa shape index (κ1) is 14.3. The zero-order chi connectivity index (χ0) is 15.0. The minimum Gasteiger partial charge on any atom is -0.292 e. The number of aryl methyl sites for hydroxylation is 2. The summed E-state index contributed by atoms with van der Waals surface area (Å²) in [4.78, 5) is 16.8. The van der Waals surface area contributed by atoms with Gasteiger partial charge in [-0.1, -0.05) is 18.5 Å². The summed E-state index contributed by atoms with van der Waals surface area (Å²) < 4.78 is 4.12.